The molecule has 0 spiro atoms. The molecule has 3 heterocycles. The minimum Gasteiger partial charge on any atom is -0.497 e. The topological polar surface area (TPSA) is 136 Å². The fourth-order valence-corrected chi connectivity index (χ4v) is 8.65. The summed E-state index contributed by atoms with van der Waals surface area (Å²) in [6.07, 6.45) is 9.80. The Morgan fingerprint density at radius 3 is 2.33 bits per heavy atom. The molecule has 11 nitrogen and oxygen atoms in total. The summed E-state index contributed by atoms with van der Waals surface area (Å²) in [5.74, 6) is 0.252. The molecule has 2 amide bonds. The van der Waals surface area contributed by atoms with Crippen molar-refractivity contribution in [3.63, 3.8) is 0 Å². The third-order valence-corrected chi connectivity index (χ3v) is 13.1. The van der Waals surface area contributed by atoms with Crippen molar-refractivity contribution in [3.8, 4) is 17.0 Å². The van der Waals surface area contributed by atoms with Crippen LogP contribution in [0.1, 0.15) is 141 Å². The zero-order valence-corrected chi connectivity index (χ0v) is 33.4. The van der Waals surface area contributed by atoms with Crippen LogP contribution in [-0.4, -0.2) is 66.6 Å². The van der Waals surface area contributed by atoms with Crippen LogP contribution in [0.3, 0.4) is 0 Å². The first-order valence-corrected chi connectivity index (χ1v) is 21.1. The molecule has 54 heavy (non-hydrogen) atoms. The summed E-state index contributed by atoms with van der Waals surface area (Å²) in [5.41, 5.74) is 8.62. The molecule has 288 valence electrons. The van der Waals surface area contributed by atoms with Crippen LogP contribution in [0.25, 0.3) is 33.8 Å². The molecule has 12 heteroatoms. The van der Waals surface area contributed by atoms with Crippen molar-refractivity contribution in [2.24, 2.45) is 0 Å². The van der Waals surface area contributed by atoms with Crippen LogP contribution >= 0.6 is 0 Å². The van der Waals surface area contributed by atoms with Crippen molar-refractivity contribution in [2.45, 2.75) is 115 Å². The second-order valence-electron chi connectivity index (χ2n) is 15.9. The maximum atomic E-state index is 14.4. The van der Waals surface area contributed by atoms with Crippen LogP contribution in [0, 0.1) is 0 Å². The van der Waals surface area contributed by atoms with Gasteiger partial charge in [0.25, 0.3) is 11.8 Å². The van der Waals surface area contributed by atoms with Gasteiger partial charge >= 0.3 is 0 Å². The number of hydrogen-bond acceptors (Lipinski definition) is 7. The molecular weight excluding hydrogens is 701 g/mol. The first kappa shape index (κ1) is 37.9. The van der Waals surface area contributed by atoms with Crippen molar-refractivity contribution in [3.05, 3.63) is 70.0 Å². The van der Waals surface area contributed by atoms with Gasteiger partial charge in [-0.2, -0.15) is 5.10 Å². The van der Waals surface area contributed by atoms with Gasteiger partial charge in [-0.15, -0.1) is 0 Å². The minimum absolute atomic E-state index is 0.00837. The van der Waals surface area contributed by atoms with Gasteiger partial charge in [0.1, 0.15) is 5.75 Å². The van der Waals surface area contributed by atoms with Gasteiger partial charge in [-0.3, -0.25) is 14.3 Å². The molecule has 2 saturated carbocycles. The molecule has 4 aromatic rings. The molecule has 7 rings (SSSR count). The summed E-state index contributed by atoms with van der Waals surface area (Å²) in [7, 11) is -0.286. The van der Waals surface area contributed by atoms with Crippen LogP contribution in [0.5, 0.6) is 5.75 Å². The number of carbonyl (C=O) groups is 2. The molecule has 1 aliphatic heterocycles. The zero-order valence-electron chi connectivity index (χ0n) is 32.6. The molecule has 2 aromatic heterocycles. The number of methoxy groups -OCH3 is 1. The van der Waals surface area contributed by atoms with Gasteiger partial charge in [0, 0.05) is 34.6 Å². The fraction of sp³-hybridized carbons (Fsp3) is 0.500. The Morgan fingerprint density at radius 1 is 0.944 bits per heavy atom. The number of fused-ring (bicyclic) bond motifs is 5. The van der Waals surface area contributed by atoms with E-state index in [-0.39, 0.29) is 29.5 Å². The lowest BCUT2D eigenvalue weighted by molar-refractivity contribution is 0.0946. The highest BCUT2D eigenvalue weighted by Crippen LogP contribution is 2.49. The first-order chi connectivity index (χ1) is 25.8. The molecular formula is C42H54N6O5S. The predicted molar refractivity (Wildman–Crippen MR) is 215 cm³/mol. The van der Waals surface area contributed by atoms with Crippen LogP contribution in [0.4, 0.5) is 0 Å². The number of benzene rings is 2. The lowest BCUT2D eigenvalue weighted by Gasteiger charge is -2.24. The van der Waals surface area contributed by atoms with Gasteiger partial charge in [-0.05, 0) is 118 Å². The maximum absolute atomic E-state index is 14.4. The van der Waals surface area contributed by atoms with Gasteiger partial charge < -0.3 is 19.9 Å². The number of amides is 2. The lowest BCUT2D eigenvalue weighted by Crippen LogP contribution is -2.37. The highest BCUT2D eigenvalue weighted by Gasteiger charge is 2.37. The van der Waals surface area contributed by atoms with Crippen molar-refractivity contribution in [1.29, 1.82) is 0 Å². The average molecular weight is 755 g/mol. The fourth-order valence-electron chi connectivity index (χ4n) is 8.04. The molecule has 2 aliphatic carbocycles. The van der Waals surface area contributed by atoms with E-state index >= 15 is 0 Å². The van der Waals surface area contributed by atoms with Crippen molar-refractivity contribution in [1.82, 2.24) is 29.7 Å². The number of hydrogen-bond donors (Lipinski definition) is 3. The molecule has 0 bridgehead atoms. The lowest BCUT2D eigenvalue weighted by atomic mass is 9.81. The number of rotatable bonds is 12. The van der Waals surface area contributed by atoms with E-state index in [9.17, 15) is 18.0 Å². The Morgan fingerprint density at radius 2 is 1.69 bits per heavy atom. The summed E-state index contributed by atoms with van der Waals surface area (Å²) >= 11 is 0. The summed E-state index contributed by atoms with van der Waals surface area (Å²) in [5, 5.41) is 11.9. The second kappa shape index (κ2) is 15.0. The van der Waals surface area contributed by atoms with E-state index in [1.807, 2.05) is 32.2 Å². The van der Waals surface area contributed by atoms with Crippen molar-refractivity contribution in [2.75, 3.05) is 20.7 Å². The molecule has 0 saturated heterocycles. The van der Waals surface area contributed by atoms with Gasteiger partial charge in [0.2, 0.25) is 10.0 Å². The van der Waals surface area contributed by atoms with Crippen molar-refractivity contribution < 1.29 is 22.7 Å². The van der Waals surface area contributed by atoms with E-state index in [1.54, 1.807) is 27.0 Å². The second-order valence-corrected chi connectivity index (χ2v) is 18.1. The van der Waals surface area contributed by atoms with Gasteiger partial charge in [0.05, 0.1) is 47.6 Å². The van der Waals surface area contributed by atoms with Crippen LogP contribution in [0.15, 0.2) is 36.4 Å². The summed E-state index contributed by atoms with van der Waals surface area (Å²) in [6, 6.07) is 12.1. The zero-order chi connectivity index (χ0) is 38.5. The molecule has 0 unspecified atom stereocenters. The number of nitrogens with one attached hydrogen (secondary N) is 3. The number of likely N-dealkylation sites (N-methyl/N-ethyl adjacent to an activating group) is 1. The van der Waals surface area contributed by atoms with Crippen LogP contribution in [0.2, 0.25) is 0 Å². The number of sulfonamides is 1. The first-order valence-electron chi connectivity index (χ1n) is 19.5. The Balaban J connectivity index is 1.49. The molecule has 1 atom stereocenters. The Labute approximate surface area is 319 Å². The van der Waals surface area contributed by atoms with Gasteiger partial charge in [-0.25, -0.2) is 13.1 Å². The van der Waals surface area contributed by atoms with E-state index in [4.69, 9.17) is 9.84 Å². The number of nitrogens with zero attached hydrogens (tertiary/aromatic N) is 3. The van der Waals surface area contributed by atoms with E-state index < -0.39 is 21.2 Å². The van der Waals surface area contributed by atoms with Crippen molar-refractivity contribution >= 4 is 44.4 Å². The van der Waals surface area contributed by atoms with E-state index in [0.29, 0.717) is 24.6 Å². The Kier molecular flexibility index (Phi) is 10.5. The molecule has 2 aromatic carbocycles. The normalized spacial score (nSPS) is 16.9. The minimum atomic E-state index is -3.84. The molecule has 0 radical (unpaired) electrons. The summed E-state index contributed by atoms with van der Waals surface area (Å²) in [4.78, 5) is 27.9. The Bertz CT molecular complexity index is 2240. The number of ether oxygens (including phenoxy) is 1. The van der Waals surface area contributed by atoms with Crippen LogP contribution in [-0.2, 0) is 16.6 Å². The number of carbonyl (C=O) groups excluding carboxylic acids is 2. The van der Waals surface area contributed by atoms with Crippen LogP contribution < -0.4 is 20.1 Å². The number of aromatic nitrogens is 3. The maximum Gasteiger partial charge on any atom is 0.264 e. The average Bonchev–Trinajstić information content (AvgIpc) is 3.88. The van der Waals surface area contributed by atoms with Gasteiger partial charge in [0.15, 0.2) is 0 Å². The Hall–Kier alpha value is -4.42. The van der Waals surface area contributed by atoms with E-state index in [2.05, 4.69) is 56.7 Å². The van der Waals surface area contributed by atoms with E-state index in [1.165, 1.54) is 12.0 Å². The monoisotopic (exact) mass is 754 g/mol. The third-order valence-electron chi connectivity index (χ3n) is 11.4. The van der Waals surface area contributed by atoms with E-state index in [0.717, 1.165) is 89.0 Å². The SMILES string of the molecule is CN[C@@H](C)CNC(=O)c1c(C(C)C)nn(C2CC2)c1C1=Cc2cc(OC)ccc2-c2c(C3CCCCC3)c3ccc(C(=O)NS(=O)(=O)C(C)C)cc3n2C1. The summed E-state index contributed by atoms with van der Waals surface area (Å²) in [6.45, 7) is 10.2. The molecule has 3 N–H and O–H groups in total. The largest absolute Gasteiger partial charge is 0.497 e. The standard InChI is InChI=1S/C42H54N6O5S/c1-24(2)38-37(42(50)44-22-26(5)43-6)39(48(45-38)31-14-15-31)30-19-29-20-32(53-7)16-18-33(29)40-36(27-11-9-8-10-12-27)34-17-13-28(21-35(34)47(40)23-30)41(49)46-54(51,52)25(3)4/h13,16-21,24-27,31,43H,8-12,14-15,22-23H2,1-7H3,(H,44,50)(H,46,49)/t26-/m0/s1. The highest BCUT2D eigenvalue weighted by molar-refractivity contribution is 7.90. The predicted octanol–water partition coefficient (Wildman–Crippen LogP) is 7.38. The highest BCUT2D eigenvalue weighted by atomic mass is 32.2. The summed E-state index contributed by atoms with van der Waals surface area (Å²) < 4.78 is 38.0. The molecule has 2 fully saturated rings. The third kappa shape index (κ3) is 7.10. The molecule has 3 aliphatic rings. The smallest absolute Gasteiger partial charge is 0.264 e. The number of allylic oxidation sites excluding steroid dienone is 1. The quantitative estimate of drug-likeness (QED) is 0.137. The van der Waals surface area contributed by atoms with Gasteiger partial charge in [-0.1, -0.05) is 39.2 Å².